The van der Waals surface area contributed by atoms with Crippen LogP contribution in [0.3, 0.4) is 0 Å². The van der Waals surface area contributed by atoms with Crippen molar-refractivity contribution in [1.29, 1.82) is 5.26 Å². The van der Waals surface area contributed by atoms with Crippen LogP contribution in [-0.4, -0.2) is 10.9 Å². The molecule has 0 radical (unpaired) electrons. The predicted molar refractivity (Wildman–Crippen MR) is 107 cm³/mol. The van der Waals surface area contributed by atoms with E-state index in [-0.39, 0.29) is 5.91 Å². The molecule has 1 aromatic carbocycles. The fourth-order valence-corrected chi connectivity index (χ4v) is 3.76. The van der Waals surface area contributed by atoms with E-state index in [0.717, 1.165) is 40.4 Å². The fourth-order valence-electron chi connectivity index (χ4n) is 2.89. The first-order valence-electron chi connectivity index (χ1n) is 8.88. The van der Waals surface area contributed by atoms with Crippen LogP contribution in [0.15, 0.2) is 35.2 Å². The number of benzene rings is 1. The standard InChI is InChI=1S/C21H23N3OS/c1-21(2,3)20(25)23-16-10-8-15(9-11-16)18-13-26-19(24-18)17(12-22)14-6-4-5-7-14/h8-11,13H,4-7H2,1-3H3,(H,23,25). The van der Waals surface area contributed by atoms with E-state index in [0.29, 0.717) is 0 Å². The molecule has 5 heteroatoms. The highest BCUT2D eigenvalue weighted by Gasteiger charge is 2.21. The Labute approximate surface area is 158 Å². The molecular formula is C21H23N3OS. The van der Waals surface area contributed by atoms with Crippen molar-refractivity contribution in [3.8, 4) is 17.3 Å². The van der Waals surface area contributed by atoms with E-state index in [2.05, 4.69) is 16.4 Å². The molecule has 1 N–H and O–H groups in total. The number of carbonyl (C=O) groups excluding carboxylic acids is 1. The Hall–Kier alpha value is -2.45. The normalized spacial score (nSPS) is 14.2. The molecule has 26 heavy (non-hydrogen) atoms. The molecule has 0 saturated heterocycles. The second-order valence-electron chi connectivity index (χ2n) is 7.62. The second kappa shape index (κ2) is 7.43. The van der Waals surface area contributed by atoms with Gasteiger partial charge >= 0.3 is 0 Å². The summed E-state index contributed by atoms with van der Waals surface area (Å²) in [6, 6.07) is 10.0. The summed E-state index contributed by atoms with van der Waals surface area (Å²) in [4.78, 5) is 16.7. The smallest absolute Gasteiger partial charge is 0.229 e. The zero-order valence-corrected chi connectivity index (χ0v) is 16.2. The van der Waals surface area contributed by atoms with Gasteiger partial charge in [-0.15, -0.1) is 11.3 Å². The molecule has 0 aliphatic heterocycles. The SMILES string of the molecule is CC(C)(C)C(=O)Nc1ccc(-c2csc(C(C#N)=C3CCCC3)n2)cc1. The highest BCUT2D eigenvalue weighted by atomic mass is 32.1. The molecule has 0 unspecified atom stereocenters. The van der Waals surface area contributed by atoms with Gasteiger partial charge in [0.15, 0.2) is 0 Å². The van der Waals surface area contributed by atoms with Crippen molar-refractivity contribution in [2.75, 3.05) is 5.32 Å². The van der Waals surface area contributed by atoms with Gasteiger partial charge in [-0.3, -0.25) is 4.79 Å². The van der Waals surface area contributed by atoms with Crippen molar-refractivity contribution in [3.63, 3.8) is 0 Å². The first kappa shape index (κ1) is 18.3. The summed E-state index contributed by atoms with van der Waals surface area (Å²) < 4.78 is 0. The Morgan fingerprint density at radius 1 is 1.19 bits per heavy atom. The fraction of sp³-hybridized carbons (Fsp3) is 0.381. The summed E-state index contributed by atoms with van der Waals surface area (Å²) in [5.74, 6) is -0.0111. The van der Waals surface area contributed by atoms with Gasteiger partial charge in [0.2, 0.25) is 5.91 Å². The second-order valence-corrected chi connectivity index (χ2v) is 8.47. The number of nitrogens with one attached hydrogen (secondary N) is 1. The lowest BCUT2D eigenvalue weighted by molar-refractivity contribution is -0.123. The van der Waals surface area contributed by atoms with Gasteiger partial charge in [0, 0.05) is 22.0 Å². The number of allylic oxidation sites excluding steroid dienone is 2. The number of amides is 1. The first-order valence-corrected chi connectivity index (χ1v) is 9.76. The van der Waals surface area contributed by atoms with Crippen LogP contribution in [0.5, 0.6) is 0 Å². The summed E-state index contributed by atoms with van der Waals surface area (Å²) in [6.07, 6.45) is 4.36. The molecule has 1 aliphatic rings. The van der Waals surface area contributed by atoms with Gasteiger partial charge in [-0.2, -0.15) is 5.26 Å². The zero-order chi connectivity index (χ0) is 18.7. The quantitative estimate of drug-likeness (QED) is 0.715. The summed E-state index contributed by atoms with van der Waals surface area (Å²) in [5.41, 5.74) is 4.19. The molecule has 1 amide bonds. The molecule has 1 heterocycles. The highest BCUT2D eigenvalue weighted by molar-refractivity contribution is 7.11. The molecule has 4 nitrogen and oxygen atoms in total. The Morgan fingerprint density at radius 3 is 2.42 bits per heavy atom. The Morgan fingerprint density at radius 2 is 1.85 bits per heavy atom. The van der Waals surface area contributed by atoms with Crippen LogP contribution in [0.25, 0.3) is 16.8 Å². The number of thiazole rings is 1. The van der Waals surface area contributed by atoms with Crippen molar-refractivity contribution < 1.29 is 4.79 Å². The zero-order valence-electron chi connectivity index (χ0n) is 15.4. The topological polar surface area (TPSA) is 65.8 Å². The summed E-state index contributed by atoms with van der Waals surface area (Å²) >= 11 is 1.52. The van der Waals surface area contributed by atoms with Crippen molar-refractivity contribution >= 4 is 28.5 Å². The molecule has 0 atom stereocenters. The van der Waals surface area contributed by atoms with Crippen molar-refractivity contribution in [2.45, 2.75) is 46.5 Å². The molecule has 134 valence electrons. The van der Waals surface area contributed by atoms with E-state index in [4.69, 9.17) is 0 Å². The van der Waals surface area contributed by atoms with Gasteiger partial charge in [-0.1, -0.05) is 32.9 Å². The minimum Gasteiger partial charge on any atom is -0.326 e. The molecule has 0 bridgehead atoms. The third kappa shape index (κ3) is 4.03. The number of nitriles is 1. The predicted octanol–water partition coefficient (Wildman–Crippen LogP) is 5.65. The van der Waals surface area contributed by atoms with Crippen molar-refractivity contribution in [2.24, 2.45) is 5.41 Å². The van der Waals surface area contributed by atoms with Gasteiger partial charge in [-0.05, 0) is 43.4 Å². The highest BCUT2D eigenvalue weighted by Crippen LogP contribution is 2.34. The van der Waals surface area contributed by atoms with E-state index in [1.807, 2.05) is 50.4 Å². The average molecular weight is 366 g/mol. The minimum absolute atomic E-state index is 0.0111. The van der Waals surface area contributed by atoms with Crippen LogP contribution in [0.2, 0.25) is 0 Å². The number of anilines is 1. The average Bonchev–Trinajstić information content (AvgIpc) is 3.28. The third-order valence-electron chi connectivity index (χ3n) is 4.51. The molecule has 0 spiro atoms. The van der Waals surface area contributed by atoms with Gasteiger partial charge in [0.25, 0.3) is 0 Å². The largest absolute Gasteiger partial charge is 0.326 e. The van der Waals surface area contributed by atoms with E-state index >= 15 is 0 Å². The van der Waals surface area contributed by atoms with Gasteiger partial charge in [0.1, 0.15) is 11.1 Å². The summed E-state index contributed by atoms with van der Waals surface area (Å²) in [5, 5.41) is 15.2. The number of hydrogen-bond acceptors (Lipinski definition) is 4. The summed E-state index contributed by atoms with van der Waals surface area (Å²) in [7, 11) is 0. The Kier molecular flexibility index (Phi) is 5.24. The van der Waals surface area contributed by atoms with Gasteiger partial charge < -0.3 is 5.32 Å². The summed E-state index contributed by atoms with van der Waals surface area (Å²) in [6.45, 7) is 5.66. The van der Waals surface area contributed by atoms with Crippen LogP contribution in [-0.2, 0) is 4.79 Å². The van der Waals surface area contributed by atoms with Gasteiger partial charge in [-0.25, -0.2) is 4.98 Å². The Balaban J connectivity index is 1.79. The maximum Gasteiger partial charge on any atom is 0.229 e. The van der Waals surface area contributed by atoms with E-state index < -0.39 is 5.41 Å². The van der Waals surface area contributed by atoms with Crippen molar-refractivity contribution in [3.05, 3.63) is 40.2 Å². The van der Waals surface area contributed by atoms with E-state index in [1.165, 1.54) is 29.8 Å². The van der Waals surface area contributed by atoms with Crippen LogP contribution in [0, 0.1) is 16.7 Å². The number of hydrogen-bond donors (Lipinski definition) is 1. The maximum atomic E-state index is 12.1. The lowest BCUT2D eigenvalue weighted by Crippen LogP contribution is -2.27. The molecule has 1 aliphatic carbocycles. The maximum absolute atomic E-state index is 12.1. The lowest BCUT2D eigenvalue weighted by Gasteiger charge is -2.17. The lowest BCUT2D eigenvalue weighted by atomic mass is 9.95. The molecule has 3 rings (SSSR count). The number of nitrogens with zero attached hydrogens (tertiary/aromatic N) is 2. The van der Waals surface area contributed by atoms with Crippen molar-refractivity contribution in [1.82, 2.24) is 4.98 Å². The number of rotatable bonds is 3. The number of carbonyl (C=O) groups is 1. The molecular weight excluding hydrogens is 342 g/mol. The van der Waals surface area contributed by atoms with Crippen LogP contribution in [0.1, 0.15) is 51.5 Å². The van der Waals surface area contributed by atoms with Crippen LogP contribution >= 0.6 is 11.3 Å². The monoisotopic (exact) mass is 365 g/mol. The minimum atomic E-state index is -0.427. The first-order chi connectivity index (χ1) is 12.4. The van der Waals surface area contributed by atoms with E-state index in [9.17, 15) is 10.1 Å². The Bertz CT molecular complexity index is 871. The van der Waals surface area contributed by atoms with Crippen LogP contribution < -0.4 is 5.32 Å². The molecule has 1 fully saturated rings. The van der Waals surface area contributed by atoms with E-state index in [1.54, 1.807) is 0 Å². The van der Waals surface area contributed by atoms with Gasteiger partial charge in [0.05, 0.1) is 11.3 Å². The van der Waals surface area contributed by atoms with Crippen LogP contribution in [0.4, 0.5) is 5.69 Å². The number of aromatic nitrogens is 1. The molecule has 2 aromatic rings. The third-order valence-corrected chi connectivity index (χ3v) is 5.37. The molecule has 1 saturated carbocycles. The molecule has 1 aromatic heterocycles.